The average molecular weight is 228 g/mol. The van der Waals surface area contributed by atoms with E-state index in [1.165, 1.54) is 6.42 Å². The molecule has 94 valence electrons. The van der Waals surface area contributed by atoms with Gasteiger partial charge >= 0.3 is 0 Å². The lowest BCUT2D eigenvalue weighted by atomic mass is 9.75. The van der Waals surface area contributed by atoms with Crippen LogP contribution in [0.1, 0.15) is 44.9 Å². The minimum atomic E-state index is -0.194. The van der Waals surface area contributed by atoms with E-state index in [1.807, 2.05) is 0 Å². The zero-order chi connectivity index (χ0) is 11.9. The molecule has 0 heterocycles. The van der Waals surface area contributed by atoms with Gasteiger partial charge in [-0.2, -0.15) is 0 Å². The Kier molecular flexibility index (Phi) is 5.77. The fraction of sp³-hybridized carbons (Fsp3) is 0.917. The highest BCUT2D eigenvalue weighted by Crippen LogP contribution is 2.31. The second-order valence-electron chi connectivity index (χ2n) is 4.80. The van der Waals surface area contributed by atoms with Crippen LogP contribution in [-0.4, -0.2) is 31.7 Å². The molecule has 1 amide bonds. The van der Waals surface area contributed by atoms with Gasteiger partial charge in [-0.15, -0.1) is 0 Å². The summed E-state index contributed by atoms with van der Waals surface area (Å²) in [4.78, 5) is 11.5. The molecule has 1 aliphatic rings. The molecule has 0 aromatic rings. The first-order chi connectivity index (χ1) is 7.66. The molecule has 16 heavy (non-hydrogen) atoms. The van der Waals surface area contributed by atoms with E-state index in [0.717, 1.165) is 45.3 Å². The first kappa shape index (κ1) is 13.5. The molecule has 3 N–H and O–H groups in total. The summed E-state index contributed by atoms with van der Waals surface area (Å²) in [5.41, 5.74) is 5.80. The van der Waals surface area contributed by atoms with Crippen LogP contribution < -0.4 is 11.1 Å². The van der Waals surface area contributed by atoms with Gasteiger partial charge in [-0.3, -0.25) is 4.79 Å². The fourth-order valence-electron chi connectivity index (χ4n) is 1.97. The van der Waals surface area contributed by atoms with Crippen molar-refractivity contribution >= 4 is 5.91 Å². The minimum Gasteiger partial charge on any atom is -0.385 e. The van der Waals surface area contributed by atoms with Crippen LogP contribution in [0, 0.1) is 0 Å². The van der Waals surface area contributed by atoms with E-state index >= 15 is 0 Å². The summed E-state index contributed by atoms with van der Waals surface area (Å²) in [6, 6.07) is 0. The van der Waals surface area contributed by atoms with Crippen molar-refractivity contribution in [3.8, 4) is 0 Å². The summed E-state index contributed by atoms with van der Waals surface area (Å²) < 4.78 is 4.95. The molecule has 0 spiro atoms. The third-order valence-corrected chi connectivity index (χ3v) is 3.21. The number of nitrogens with one attached hydrogen (secondary N) is 1. The van der Waals surface area contributed by atoms with Crippen LogP contribution in [-0.2, 0) is 9.53 Å². The first-order valence-electron chi connectivity index (χ1n) is 6.21. The third kappa shape index (κ3) is 4.94. The quantitative estimate of drug-likeness (QED) is 0.613. The van der Waals surface area contributed by atoms with Gasteiger partial charge in [0.05, 0.1) is 0 Å². The van der Waals surface area contributed by atoms with Crippen LogP contribution in [0.25, 0.3) is 0 Å². The lowest BCUT2D eigenvalue weighted by molar-refractivity contribution is -0.123. The summed E-state index contributed by atoms with van der Waals surface area (Å²) in [7, 11) is 1.71. The molecular weight excluding hydrogens is 204 g/mol. The van der Waals surface area contributed by atoms with Crippen LogP contribution in [0.5, 0.6) is 0 Å². The van der Waals surface area contributed by atoms with Gasteiger partial charge < -0.3 is 15.8 Å². The molecule has 0 unspecified atom stereocenters. The SMILES string of the molecule is COCCCCCNC(=O)CC1(N)CCC1. The fourth-order valence-corrected chi connectivity index (χ4v) is 1.97. The summed E-state index contributed by atoms with van der Waals surface area (Å²) in [6.45, 7) is 1.57. The number of nitrogens with two attached hydrogens (primary N) is 1. The number of methoxy groups -OCH3 is 1. The normalized spacial score (nSPS) is 17.9. The summed E-state index contributed by atoms with van der Waals surface area (Å²) in [6.07, 6.45) is 6.83. The molecule has 4 heteroatoms. The number of carbonyl (C=O) groups excluding carboxylic acids is 1. The summed E-state index contributed by atoms with van der Waals surface area (Å²) in [5.74, 6) is 0.106. The molecule has 0 aromatic carbocycles. The molecule has 0 aromatic heterocycles. The van der Waals surface area contributed by atoms with E-state index in [-0.39, 0.29) is 11.4 Å². The maximum Gasteiger partial charge on any atom is 0.221 e. The Morgan fingerprint density at radius 2 is 2.12 bits per heavy atom. The predicted molar refractivity (Wildman–Crippen MR) is 64.1 cm³/mol. The highest BCUT2D eigenvalue weighted by atomic mass is 16.5. The molecule has 0 atom stereocenters. The van der Waals surface area contributed by atoms with Crippen LogP contribution >= 0.6 is 0 Å². The molecule has 0 bridgehead atoms. The maximum absolute atomic E-state index is 11.5. The molecule has 4 nitrogen and oxygen atoms in total. The van der Waals surface area contributed by atoms with Gasteiger partial charge in [-0.05, 0) is 38.5 Å². The van der Waals surface area contributed by atoms with Crippen molar-refractivity contribution in [1.82, 2.24) is 5.32 Å². The monoisotopic (exact) mass is 228 g/mol. The lowest BCUT2D eigenvalue weighted by Crippen LogP contribution is -2.50. The van der Waals surface area contributed by atoms with Crippen LogP contribution in [0.4, 0.5) is 0 Å². The van der Waals surface area contributed by atoms with Crippen molar-refractivity contribution in [3.63, 3.8) is 0 Å². The summed E-state index contributed by atoms with van der Waals surface area (Å²) >= 11 is 0. The Hall–Kier alpha value is -0.610. The number of unbranched alkanes of at least 4 members (excludes halogenated alkanes) is 2. The molecule has 0 saturated heterocycles. The highest BCUT2D eigenvalue weighted by Gasteiger charge is 2.34. The minimum absolute atomic E-state index is 0.106. The number of amides is 1. The van der Waals surface area contributed by atoms with E-state index in [2.05, 4.69) is 5.32 Å². The van der Waals surface area contributed by atoms with E-state index in [9.17, 15) is 4.79 Å². The first-order valence-corrected chi connectivity index (χ1v) is 6.21. The number of carbonyl (C=O) groups is 1. The molecular formula is C12H24N2O2. The smallest absolute Gasteiger partial charge is 0.221 e. The molecule has 1 saturated carbocycles. The average Bonchev–Trinajstić information content (AvgIpc) is 2.21. The molecule has 1 aliphatic carbocycles. The van der Waals surface area contributed by atoms with Crippen LogP contribution in [0.3, 0.4) is 0 Å². The van der Waals surface area contributed by atoms with E-state index in [1.54, 1.807) is 7.11 Å². The molecule has 1 rings (SSSR count). The van der Waals surface area contributed by atoms with Gasteiger partial charge in [0.15, 0.2) is 0 Å². The topological polar surface area (TPSA) is 64.3 Å². The zero-order valence-electron chi connectivity index (χ0n) is 10.3. The maximum atomic E-state index is 11.5. The molecule has 1 fully saturated rings. The predicted octanol–water partition coefficient (Wildman–Crippen LogP) is 1.19. The van der Waals surface area contributed by atoms with E-state index in [0.29, 0.717) is 6.42 Å². The van der Waals surface area contributed by atoms with Gasteiger partial charge in [0.1, 0.15) is 0 Å². The van der Waals surface area contributed by atoms with Crippen LogP contribution in [0.2, 0.25) is 0 Å². The van der Waals surface area contributed by atoms with Crippen molar-refractivity contribution in [3.05, 3.63) is 0 Å². The number of hydrogen-bond acceptors (Lipinski definition) is 3. The Morgan fingerprint density at radius 1 is 1.38 bits per heavy atom. The standard InChI is InChI=1S/C12H24N2O2/c1-16-9-4-2-3-8-14-11(15)10-12(13)6-5-7-12/h2-10,13H2,1H3,(H,14,15). The van der Waals surface area contributed by atoms with Gasteiger partial charge in [0.2, 0.25) is 5.91 Å². The second kappa shape index (κ2) is 6.86. The van der Waals surface area contributed by atoms with Crippen molar-refractivity contribution in [2.75, 3.05) is 20.3 Å². The van der Waals surface area contributed by atoms with E-state index < -0.39 is 0 Å². The Bertz CT molecular complexity index is 215. The van der Waals surface area contributed by atoms with Gasteiger partial charge in [0.25, 0.3) is 0 Å². The Balaban J connectivity index is 1.94. The van der Waals surface area contributed by atoms with Crippen molar-refractivity contribution < 1.29 is 9.53 Å². The lowest BCUT2D eigenvalue weighted by Gasteiger charge is -2.37. The highest BCUT2D eigenvalue weighted by molar-refractivity contribution is 5.77. The summed E-state index contributed by atoms with van der Waals surface area (Å²) in [5, 5.41) is 2.92. The van der Waals surface area contributed by atoms with Crippen molar-refractivity contribution in [2.45, 2.75) is 50.5 Å². The van der Waals surface area contributed by atoms with Gasteiger partial charge in [-0.1, -0.05) is 0 Å². The Morgan fingerprint density at radius 3 is 2.69 bits per heavy atom. The van der Waals surface area contributed by atoms with Crippen molar-refractivity contribution in [1.29, 1.82) is 0 Å². The van der Waals surface area contributed by atoms with E-state index in [4.69, 9.17) is 10.5 Å². The molecule has 0 aliphatic heterocycles. The number of hydrogen-bond donors (Lipinski definition) is 2. The second-order valence-corrected chi connectivity index (χ2v) is 4.80. The van der Waals surface area contributed by atoms with Crippen LogP contribution in [0.15, 0.2) is 0 Å². The largest absolute Gasteiger partial charge is 0.385 e. The zero-order valence-corrected chi connectivity index (χ0v) is 10.3. The number of ether oxygens (including phenoxy) is 1. The molecule has 0 radical (unpaired) electrons. The van der Waals surface area contributed by atoms with Crippen molar-refractivity contribution in [2.24, 2.45) is 5.73 Å². The van der Waals surface area contributed by atoms with Gasteiger partial charge in [-0.25, -0.2) is 0 Å². The third-order valence-electron chi connectivity index (χ3n) is 3.21. The number of rotatable bonds is 8. The van der Waals surface area contributed by atoms with Gasteiger partial charge in [0, 0.05) is 32.2 Å². The Labute approximate surface area is 97.9 Å².